The van der Waals surface area contributed by atoms with Gasteiger partial charge in [0.05, 0.1) is 5.56 Å². The zero-order valence-corrected chi connectivity index (χ0v) is 9.38. The van der Waals surface area contributed by atoms with E-state index in [0.717, 1.165) is 0 Å². The van der Waals surface area contributed by atoms with Crippen LogP contribution in [0.3, 0.4) is 0 Å². The van der Waals surface area contributed by atoms with Crippen LogP contribution >= 0.6 is 0 Å². The number of carbonyl (C=O) groups is 2. The molecule has 3 nitrogen and oxygen atoms in total. The van der Waals surface area contributed by atoms with E-state index in [-0.39, 0.29) is 11.3 Å². The van der Waals surface area contributed by atoms with Crippen LogP contribution in [-0.4, -0.2) is 24.3 Å². The fraction of sp³-hybridized carbons (Fsp3) is 0.333. The lowest BCUT2D eigenvalue weighted by Crippen LogP contribution is -2.41. The Morgan fingerprint density at radius 1 is 1.39 bits per heavy atom. The number of carbonyl (C=O) groups excluding carboxylic acids is 2. The zero-order valence-electron chi connectivity index (χ0n) is 9.38. The van der Waals surface area contributed by atoms with Crippen LogP contribution < -0.4 is 4.74 Å². The topological polar surface area (TPSA) is 43.4 Å². The maximum atomic E-state index is 12.3. The number of hydrogen-bond donors (Lipinski definition) is 0. The molecular weight excluding hydrogens is 249 g/mol. The van der Waals surface area contributed by atoms with Gasteiger partial charge in [-0.2, -0.15) is 13.2 Å². The molecule has 1 aliphatic heterocycles. The highest BCUT2D eigenvalue weighted by Crippen LogP contribution is 2.31. The minimum absolute atomic E-state index is 0.0313. The second-order valence-corrected chi connectivity index (χ2v) is 4.09. The molecule has 0 spiro atoms. The summed E-state index contributed by atoms with van der Waals surface area (Å²) < 4.78 is 42.0. The van der Waals surface area contributed by atoms with E-state index in [2.05, 4.69) is 0 Å². The van der Waals surface area contributed by atoms with Crippen molar-refractivity contribution in [1.82, 2.24) is 0 Å². The molecule has 1 aliphatic rings. The molecule has 0 aromatic heterocycles. The van der Waals surface area contributed by atoms with Crippen molar-refractivity contribution in [3.8, 4) is 5.75 Å². The van der Waals surface area contributed by atoms with E-state index in [1.165, 1.54) is 12.1 Å². The molecule has 1 aromatic carbocycles. The molecule has 1 heterocycles. The Morgan fingerprint density at radius 3 is 2.67 bits per heavy atom. The van der Waals surface area contributed by atoms with Gasteiger partial charge in [-0.25, -0.2) is 0 Å². The van der Waals surface area contributed by atoms with Gasteiger partial charge in [-0.3, -0.25) is 9.59 Å². The van der Waals surface area contributed by atoms with Gasteiger partial charge in [0.15, 0.2) is 5.78 Å². The van der Waals surface area contributed by atoms with Gasteiger partial charge in [0.2, 0.25) is 0 Å². The first-order valence-electron chi connectivity index (χ1n) is 5.19. The third-order valence-corrected chi connectivity index (χ3v) is 2.72. The average Bonchev–Trinajstić information content (AvgIpc) is 2.28. The lowest BCUT2D eigenvalue weighted by Gasteiger charge is -2.24. The molecule has 0 amide bonds. The number of rotatable bonds is 1. The molecule has 0 N–H and O–H groups in total. The quantitative estimate of drug-likeness (QED) is 0.726. The van der Waals surface area contributed by atoms with E-state index in [1.807, 2.05) is 0 Å². The summed E-state index contributed by atoms with van der Waals surface area (Å²) in [5.74, 6) is -4.46. The van der Waals surface area contributed by atoms with Crippen LogP contribution in [0.5, 0.6) is 5.75 Å². The monoisotopic (exact) mass is 258 g/mol. The van der Waals surface area contributed by atoms with E-state index in [0.29, 0.717) is 5.56 Å². The largest absolute Gasteiger partial charge is 0.492 e. The zero-order chi connectivity index (χ0) is 13.5. The first kappa shape index (κ1) is 12.6. The smallest absolute Gasteiger partial charge is 0.450 e. The molecule has 0 saturated heterocycles. The minimum atomic E-state index is -5.02. The molecule has 0 radical (unpaired) electrons. The molecule has 6 heteroatoms. The van der Waals surface area contributed by atoms with Crippen LogP contribution in [0, 0.1) is 12.8 Å². The lowest BCUT2D eigenvalue weighted by atomic mass is 9.90. The number of alkyl halides is 3. The molecule has 96 valence electrons. The third kappa shape index (κ3) is 2.10. The Morgan fingerprint density at radius 2 is 2.06 bits per heavy atom. The molecular formula is C12H9F3O3. The Kier molecular flexibility index (Phi) is 2.88. The van der Waals surface area contributed by atoms with Gasteiger partial charge >= 0.3 is 6.18 Å². The number of ether oxygens (including phenoxy) is 1. The number of hydrogen-bond acceptors (Lipinski definition) is 3. The van der Waals surface area contributed by atoms with Gasteiger partial charge in [0.1, 0.15) is 18.3 Å². The van der Waals surface area contributed by atoms with Crippen LogP contribution in [0.15, 0.2) is 18.2 Å². The number of ketones is 2. The van der Waals surface area contributed by atoms with Crippen LogP contribution in [0.2, 0.25) is 0 Å². The molecule has 1 unspecified atom stereocenters. The fourth-order valence-corrected chi connectivity index (χ4v) is 1.79. The SMILES string of the molecule is Cc1ccc2c(c1)C(=O)C(C(=O)C(F)(F)F)CO2. The van der Waals surface area contributed by atoms with Gasteiger partial charge in [0, 0.05) is 0 Å². The highest BCUT2D eigenvalue weighted by Gasteiger charge is 2.48. The van der Waals surface area contributed by atoms with Crippen molar-refractivity contribution in [2.24, 2.45) is 5.92 Å². The van der Waals surface area contributed by atoms with Gasteiger partial charge in [-0.15, -0.1) is 0 Å². The first-order chi connectivity index (χ1) is 8.30. The van der Waals surface area contributed by atoms with Crippen molar-refractivity contribution in [1.29, 1.82) is 0 Å². The number of aryl methyl sites for hydroxylation is 1. The fourth-order valence-electron chi connectivity index (χ4n) is 1.79. The number of Topliss-reactive ketones (excluding diaryl/α,β-unsaturated/α-hetero) is 2. The van der Waals surface area contributed by atoms with Crippen molar-refractivity contribution in [3.05, 3.63) is 29.3 Å². The molecule has 1 atom stereocenters. The second kappa shape index (κ2) is 4.12. The van der Waals surface area contributed by atoms with Crippen molar-refractivity contribution in [2.45, 2.75) is 13.1 Å². The average molecular weight is 258 g/mol. The maximum absolute atomic E-state index is 12.3. The molecule has 0 saturated carbocycles. The second-order valence-electron chi connectivity index (χ2n) is 4.09. The highest BCUT2D eigenvalue weighted by molar-refractivity contribution is 6.14. The van der Waals surface area contributed by atoms with Crippen LogP contribution in [0.1, 0.15) is 15.9 Å². The summed E-state index contributed by atoms with van der Waals surface area (Å²) in [6, 6.07) is 4.61. The summed E-state index contributed by atoms with van der Waals surface area (Å²) in [5.41, 5.74) is 0.745. The van der Waals surface area contributed by atoms with E-state index in [1.54, 1.807) is 13.0 Å². The molecule has 2 rings (SSSR count). The summed E-state index contributed by atoms with van der Waals surface area (Å²) >= 11 is 0. The lowest BCUT2D eigenvalue weighted by molar-refractivity contribution is -0.174. The van der Waals surface area contributed by atoms with Crippen LogP contribution in [-0.2, 0) is 4.79 Å². The van der Waals surface area contributed by atoms with E-state index in [4.69, 9.17) is 4.74 Å². The highest BCUT2D eigenvalue weighted by atomic mass is 19.4. The van der Waals surface area contributed by atoms with Crippen molar-refractivity contribution >= 4 is 11.6 Å². The summed E-state index contributed by atoms with van der Waals surface area (Å²) in [6.45, 7) is 1.13. The van der Waals surface area contributed by atoms with E-state index in [9.17, 15) is 22.8 Å². The Hall–Kier alpha value is -1.85. The number of benzene rings is 1. The number of fused-ring (bicyclic) bond motifs is 1. The summed E-state index contributed by atoms with van der Waals surface area (Å²) in [4.78, 5) is 23.0. The Balaban J connectivity index is 2.36. The molecule has 0 aliphatic carbocycles. The van der Waals surface area contributed by atoms with Crippen molar-refractivity contribution in [3.63, 3.8) is 0 Å². The van der Waals surface area contributed by atoms with Gasteiger partial charge in [0.25, 0.3) is 5.78 Å². The van der Waals surface area contributed by atoms with E-state index < -0.39 is 30.3 Å². The molecule has 18 heavy (non-hydrogen) atoms. The molecule has 0 bridgehead atoms. The van der Waals surface area contributed by atoms with Crippen molar-refractivity contribution < 1.29 is 27.5 Å². The normalized spacial score (nSPS) is 19.1. The van der Waals surface area contributed by atoms with Gasteiger partial charge in [-0.1, -0.05) is 11.6 Å². The van der Waals surface area contributed by atoms with Crippen LogP contribution in [0.4, 0.5) is 13.2 Å². The summed E-state index contributed by atoms with van der Waals surface area (Å²) in [6.07, 6.45) is -5.02. The summed E-state index contributed by atoms with van der Waals surface area (Å²) in [7, 11) is 0. The van der Waals surface area contributed by atoms with Gasteiger partial charge < -0.3 is 4.74 Å². The Labute approximate surface area is 101 Å². The standard InChI is InChI=1S/C12H9F3O3/c1-6-2-3-9-7(4-6)10(16)8(5-18-9)11(17)12(13,14)15/h2-4,8H,5H2,1H3. The number of halogens is 3. The summed E-state index contributed by atoms with van der Waals surface area (Å²) in [5, 5.41) is 0. The molecule has 1 aromatic rings. The van der Waals surface area contributed by atoms with Gasteiger partial charge in [-0.05, 0) is 19.1 Å². The first-order valence-corrected chi connectivity index (χ1v) is 5.19. The van der Waals surface area contributed by atoms with Crippen LogP contribution in [0.25, 0.3) is 0 Å². The van der Waals surface area contributed by atoms with E-state index >= 15 is 0 Å². The maximum Gasteiger partial charge on any atom is 0.450 e. The Bertz CT molecular complexity index is 520. The van der Waals surface area contributed by atoms with Crippen molar-refractivity contribution in [2.75, 3.05) is 6.61 Å². The minimum Gasteiger partial charge on any atom is -0.492 e. The third-order valence-electron chi connectivity index (χ3n) is 2.72. The predicted molar refractivity (Wildman–Crippen MR) is 55.6 cm³/mol. The predicted octanol–water partition coefficient (Wildman–Crippen LogP) is 2.32. The molecule has 0 fully saturated rings.